The number of ether oxygens (including phenoxy) is 1. The Morgan fingerprint density at radius 1 is 1.11 bits per heavy atom. The number of hydrogen-bond donors (Lipinski definition) is 2. The van der Waals surface area contributed by atoms with Gasteiger partial charge in [0.15, 0.2) is 0 Å². The first-order chi connectivity index (χ1) is 12.9. The first kappa shape index (κ1) is 20.7. The Kier molecular flexibility index (Phi) is 8.06. The van der Waals surface area contributed by atoms with Gasteiger partial charge in [0.2, 0.25) is 5.91 Å². The quantitative estimate of drug-likeness (QED) is 0.631. The third-order valence-corrected chi connectivity index (χ3v) is 4.48. The summed E-state index contributed by atoms with van der Waals surface area (Å²) in [6.07, 6.45) is 0.710. The molecule has 0 spiro atoms. The third-order valence-electron chi connectivity index (χ3n) is 3.49. The molecule has 0 heterocycles. The summed E-state index contributed by atoms with van der Waals surface area (Å²) in [6.45, 7) is -2.86. The fraction of sp³-hybridized carbons (Fsp3) is 0.263. The van der Waals surface area contributed by atoms with Crippen molar-refractivity contribution in [2.45, 2.75) is 25.2 Å². The molecule has 0 fully saturated rings. The number of nitrogens with one attached hydrogen (secondary N) is 1. The maximum atomic E-state index is 12.1. The molecule has 5 nitrogen and oxygen atoms in total. The van der Waals surface area contributed by atoms with Crippen LogP contribution >= 0.6 is 11.8 Å². The first-order valence-corrected chi connectivity index (χ1v) is 9.30. The van der Waals surface area contributed by atoms with Crippen LogP contribution in [0.25, 0.3) is 0 Å². The van der Waals surface area contributed by atoms with Gasteiger partial charge in [-0.25, -0.2) is 0 Å². The van der Waals surface area contributed by atoms with E-state index in [9.17, 15) is 18.4 Å². The summed E-state index contributed by atoms with van der Waals surface area (Å²) in [5.74, 6) is -0.381. The number of carboxylic acids is 1. The van der Waals surface area contributed by atoms with Crippen LogP contribution in [0.15, 0.2) is 48.5 Å². The molecule has 0 atom stereocenters. The van der Waals surface area contributed by atoms with Crippen LogP contribution < -0.4 is 10.1 Å². The largest absolute Gasteiger partial charge is 0.481 e. The summed E-state index contributed by atoms with van der Waals surface area (Å²) in [5.41, 5.74) is 2.41. The lowest BCUT2D eigenvalue weighted by molar-refractivity contribution is -0.133. The lowest BCUT2D eigenvalue weighted by atomic mass is 10.1. The van der Waals surface area contributed by atoms with E-state index in [1.54, 1.807) is 24.3 Å². The van der Waals surface area contributed by atoms with E-state index < -0.39 is 12.6 Å². The van der Waals surface area contributed by atoms with Crippen LogP contribution in [0.2, 0.25) is 0 Å². The van der Waals surface area contributed by atoms with Gasteiger partial charge in [-0.2, -0.15) is 8.78 Å². The highest BCUT2D eigenvalue weighted by molar-refractivity contribution is 7.99. The van der Waals surface area contributed by atoms with Crippen molar-refractivity contribution in [3.05, 3.63) is 59.7 Å². The fourth-order valence-corrected chi connectivity index (χ4v) is 3.01. The van der Waals surface area contributed by atoms with Crippen molar-refractivity contribution in [1.29, 1.82) is 0 Å². The number of aryl methyl sites for hydroxylation is 1. The van der Waals surface area contributed by atoms with Crippen molar-refractivity contribution < 1.29 is 28.2 Å². The van der Waals surface area contributed by atoms with Gasteiger partial charge >= 0.3 is 12.6 Å². The molecule has 0 saturated heterocycles. The van der Waals surface area contributed by atoms with Gasteiger partial charge < -0.3 is 15.2 Å². The Bertz CT molecular complexity index is 769. The van der Waals surface area contributed by atoms with Gasteiger partial charge in [0.25, 0.3) is 0 Å². The second-order valence-corrected chi connectivity index (χ2v) is 6.64. The first-order valence-electron chi connectivity index (χ1n) is 8.14. The van der Waals surface area contributed by atoms with Crippen LogP contribution in [-0.4, -0.2) is 29.3 Å². The second kappa shape index (κ2) is 10.5. The van der Waals surface area contributed by atoms with Crippen molar-refractivity contribution in [3.63, 3.8) is 0 Å². The van der Waals surface area contributed by atoms with Crippen molar-refractivity contribution in [1.82, 2.24) is 0 Å². The van der Waals surface area contributed by atoms with Gasteiger partial charge in [-0.05, 0) is 41.8 Å². The molecule has 0 aromatic heterocycles. The minimum absolute atomic E-state index is 0.0255. The molecular formula is C19H19F2NO4S. The zero-order valence-electron chi connectivity index (χ0n) is 14.4. The number of halogens is 2. The number of aliphatic carboxylic acids is 1. The molecule has 0 aliphatic heterocycles. The summed E-state index contributed by atoms with van der Waals surface area (Å²) in [5, 5.41) is 11.5. The normalized spacial score (nSPS) is 10.6. The predicted octanol–water partition coefficient (Wildman–Crippen LogP) is 4.18. The molecule has 27 heavy (non-hydrogen) atoms. The van der Waals surface area contributed by atoms with Crippen molar-refractivity contribution >= 4 is 29.3 Å². The number of carboxylic acid groups (broad SMARTS) is 1. The van der Waals surface area contributed by atoms with Crippen molar-refractivity contribution in [3.8, 4) is 5.75 Å². The van der Waals surface area contributed by atoms with Crippen LogP contribution in [-0.2, 0) is 21.8 Å². The van der Waals surface area contributed by atoms with Crippen LogP contribution in [0, 0.1) is 0 Å². The molecule has 2 N–H and O–H groups in total. The molecule has 0 radical (unpaired) electrons. The maximum Gasteiger partial charge on any atom is 0.387 e. The number of amides is 1. The summed E-state index contributed by atoms with van der Waals surface area (Å²) in [6, 6.07) is 13.4. The highest BCUT2D eigenvalue weighted by Crippen LogP contribution is 2.18. The molecule has 144 valence electrons. The topological polar surface area (TPSA) is 75.6 Å². The Balaban J connectivity index is 1.80. The minimum atomic E-state index is -2.86. The lowest BCUT2D eigenvalue weighted by Gasteiger charge is -2.08. The predicted molar refractivity (Wildman–Crippen MR) is 100 cm³/mol. The molecule has 2 aromatic rings. The van der Waals surface area contributed by atoms with Gasteiger partial charge in [-0.1, -0.05) is 24.3 Å². The van der Waals surface area contributed by atoms with Crippen molar-refractivity contribution in [2.75, 3.05) is 11.1 Å². The number of carbonyl (C=O) groups is 2. The number of alkyl halides is 2. The van der Waals surface area contributed by atoms with E-state index in [0.717, 1.165) is 11.1 Å². The molecule has 1 amide bonds. The molecule has 2 rings (SSSR count). The SMILES string of the molecule is O=C(O)CSCc1cccc(NC(=O)CCc2ccc(OC(F)F)cc2)c1. The van der Waals surface area contributed by atoms with Crippen LogP contribution in [0.4, 0.5) is 14.5 Å². The highest BCUT2D eigenvalue weighted by Gasteiger charge is 2.07. The van der Waals surface area contributed by atoms with E-state index >= 15 is 0 Å². The van der Waals surface area contributed by atoms with Gasteiger partial charge in [0.05, 0.1) is 5.75 Å². The van der Waals surface area contributed by atoms with Gasteiger partial charge in [-0.3, -0.25) is 9.59 Å². The van der Waals surface area contributed by atoms with E-state index in [4.69, 9.17) is 5.11 Å². The average Bonchev–Trinajstić information content (AvgIpc) is 2.61. The van der Waals surface area contributed by atoms with E-state index in [2.05, 4.69) is 10.1 Å². The van der Waals surface area contributed by atoms with Crippen molar-refractivity contribution in [2.24, 2.45) is 0 Å². The summed E-state index contributed by atoms with van der Waals surface area (Å²) < 4.78 is 28.5. The number of carbonyl (C=O) groups excluding carboxylic acids is 1. The smallest absolute Gasteiger partial charge is 0.387 e. The molecule has 0 aliphatic rings. The van der Waals surface area contributed by atoms with E-state index in [1.165, 1.54) is 23.9 Å². The Morgan fingerprint density at radius 2 is 1.85 bits per heavy atom. The molecular weight excluding hydrogens is 376 g/mol. The molecule has 0 aliphatic carbocycles. The molecule has 0 unspecified atom stereocenters. The zero-order chi connectivity index (χ0) is 19.6. The highest BCUT2D eigenvalue weighted by atomic mass is 32.2. The third kappa shape index (κ3) is 8.08. The van der Waals surface area contributed by atoms with E-state index in [1.807, 2.05) is 12.1 Å². The molecule has 0 saturated carbocycles. The fourth-order valence-electron chi connectivity index (χ4n) is 2.31. The average molecular weight is 395 g/mol. The number of rotatable bonds is 10. The zero-order valence-corrected chi connectivity index (χ0v) is 15.2. The van der Waals surface area contributed by atoms with E-state index in [-0.39, 0.29) is 23.8 Å². The van der Waals surface area contributed by atoms with Crippen LogP contribution in [0.5, 0.6) is 5.75 Å². The van der Waals surface area contributed by atoms with Crippen LogP contribution in [0.3, 0.4) is 0 Å². The number of benzene rings is 2. The lowest BCUT2D eigenvalue weighted by Crippen LogP contribution is -2.12. The summed E-state index contributed by atoms with van der Waals surface area (Å²) >= 11 is 1.28. The molecule has 8 heteroatoms. The molecule has 0 bridgehead atoms. The van der Waals surface area contributed by atoms with E-state index in [0.29, 0.717) is 17.9 Å². The van der Waals surface area contributed by atoms with Crippen LogP contribution in [0.1, 0.15) is 17.5 Å². The van der Waals surface area contributed by atoms with Gasteiger partial charge in [-0.15, -0.1) is 11.8 Å². The standard InChI is InChI=1S/C19H19F2NO4S/c20-19(21)26-16-7-4-13(5-8-16)6-9-17(23)22-15-3-1-2-14(10-15)11-27-12-18(24)25/h1-5,7-8,10,19H,6,9,11-12H2,(H,22,23)(H,24,25). The molecule has 2 aromatic carbocycles. The Morgan fingerprint density at radius 3 is 2.52 bits per heavy atom. The number of hydrogen-bond acceptors (Lipinski definition) is 4. The minimum Gasteiger partial charge on any atom is -0.481 e. The van der Waals surface area contributed by atoms with Gasteiger partial charge in [0.1, 0.15) is 5.75 Å². The second-order valence-electron chi connectivity index (χ2n) is 5.66. The maximum absolute atomic E-state index is 12.1. The number of thioether (sulfide) groups is 1. The monoisotopic (exact) mass is 395 g/mol. The van der Waals surface area contributed by atoms with Gasteiger partial charge in [0, 0.05) is 17.9 Å². The Hall–Kier alpha value is -2.61. The Labute approximate surface area is 159 Å². The summed E-state index contributed by atoms with van der Waals surface area (Å²) in [4.78, 5) is 22.6. The summed E-state index contributed by atoms with van der Waals surface area (Å²) in [7, 11) is 0. The number of anilines is 1.